The summed E-state index contributed by atoms with van der Waals surface area (Å²) >= 11 is 3.37. The maximum absolute atomic E-state index is 10.8. The van der Waals surface area contributed by atoms with Crippen molar-refractivity contribution in [1.82, 2.24) is 9.55 Å². The summed E-state index contributed by atoms with van der Waals surface area (Å²) < 4.78 is 29.3. The molecule has 2 aromatic rings. The molecule has 0 aromatic carbocycles. The van der Waals surface area contributed by atoms with Crippen LogP contribution in [0.25, 0.3) is 0 Å². The molecule has 0 unspecified atom stereocenters. The molecule has 0 spiro atoms. The number of nitrogens with zero attached hydrogens (tertiary/aromatic N) is 1. The van der Waals surface area contributed by atoms with Crippen molar-refractivity contribution in [3.63, 3.8) is 0 Å². The van der Waals surface area contributed by atoms with Gasteiger partial charge in [-0.1, -0.05) is 57.5 Å². The standard InChI is InChI=1S/C13H23NO2Si.C8H19BrOSi.C5H5NO.CH3F.CH2O3.2K.H/c1-13(2,3)17(4,5)16-10-9-14-8-6-7-12(14)11-15;1-8(2,3)11(4,5)10-7-6-9;7-4-5-2-1-3-6-5;1-2;2-1-4-3;;;/h6-8,11H,9-10H2,1-5H3;6-7H2,1-5H3;1-4,6H;1H3;1,3H;;;/q;;;;;2*+1;-1/p-1/i;;;1D;;;;. The molecule has 1 N–H and O–H groups in total. The van der Waals surface area contributed by atoms with Crippen molar-refractivity contribution in [2.75, 3.05) is 25.7 Å². The van der Waals surface area contributed by atoms with Crippen LogP contribution < -0.4 is 108 Å². The molecule has 0 amide bonds. The Morgan fingerprint density at radius 3 is 1.74 bits per heavy atom. The molecule has 2 aromatic heterocycles. The van der Waals surface area contributed by atoms with Gasteiger partial charge in [0.1, 0.15) is 0 Å². The molecule has 240 valence electrons. The van der Waals surface area contributed by atoms with Crippen molar-refractivity contribution >= 4 is 51.6 Å². The zero-order chi connectivity index (χ0) is 33.5. The van der Waals surface area contributed by atoms with Crippen LogP contribution in [0.15, 0.2) is 36.7 Å². The second-order valence-corrected chi connectivity index (χ2v) is 22.0. The fourth-order valence-corrected chi connectivity index (χ4v) is 4.82. The summed E-state index contributed by atoms with van der Waals surface area (Å²) in [7, 11) is -4.12. The number of rotatable bonds is 10. The summed E-state index contributed by atoms with van der Waals surface area (Å²) in [6.07, 6.45) is 5.29. The molecule has 0 atom stereocenters. The number of H-pyrrole nitrogens is 1. The number of aromatic amines is 1. The van der Waals surface area contributed by atoms with Gasteiger partial charge < -0.3 is 30.0 Å². The van der Waals surface area contributed by atoms with E-state index in [0.717, 1.165) is 31.1 Å². The molecule has 2 rings (SSSR count). The third-order valence-electron chi connectivity index (χ3n) is 6.72. The Kier molecular flexibility index (Phi) is 35.1. The van der Waals surface area contributed by atoms with E-state index in [1.54, 1.807) is 18.3 Å². The van der Waals surface area contributed by atoms with Crippen molar-refractivity contribution in [3.8, 4) is 0 Å². The molecule has 2 heterocycles. The fourth-order valence-electron chi connectivity index (χ4n) is 2.28. The van der Waals surface area contributed by atoms with Crippen molar-refractivity contribution in [3.05, 3.63) is 48.0 Å². The van der Waals surface area contributed by atoms with E-state index in [4.69, 9.17) is 20.3 Å². The minimum atomic E-state index is -1.67. The molecular formula is C28H52BrFK2N2O7Si2. The number of hydrogen-bond donors (Lipinski definition) is 1. The number of halogens is 2. The number of carbonyl (C=O) groups is 3. The van der Waals surface area contributed by atoms with E-state index in [1.807, 2.05) is 22.9 Å². The van der Waals surface area contributed by atoms with Gasteiger partial charge in [-0.2, -0.15) is 0 Å². The van der Waals surface area contributed by atoms with Crippen LogP contribution in [0, 0.1) is 0 Å². The average molecular weight is 763 g/mol. The zero-order valence-electron chi connectivity index (χ0n) is 30.3. The van der Waals surface area contributed by atoms with Crippen molar-refractivity contribution in [1.29, 1.82) is 0 Å². The van der Waals surface area contributed by atoms with Gasteiger partial charge in [-0.3, -0.25) is 18.8 Å². The number of aromatic nitrogens is 2. The Balaban J connectivity index is -0.000000118. The third kappa shape index (κ3) is 26.1. The van der Waals surface area contributed by atoms with Gasteiger partial charge in [0, 0.05) is 30.9 Å². The Bertz CT molecular complexity index is 966. The molecule has 0 saturated carbocycles. The minimum absolute atomic E-state index is 0. The predicted molar refractivity (Wildman–Crippen MR) is 171 cm³/mol. The second-order valence-electron chi connectivity index (χ2n) is 11.6. The molecule has 0 radical (unpaired) electrons. The maximum Gasteiger partial charge on any atom is 1.00 e. The van der Waals surface area contributed by atoms with Crippen LogP contribution >= 0.6 is 15.9 Å². The van der Waals surface area contributed by atoms with Crippen molar-refractivity contribution in [2.45, 2.75) is 84.4 Å². The van der Waals surface area contributed by atoms with E-state index in [2.05, 4.69) is 93.5 Å². The number of hydrogen-bond acceptors (Lipinski definition) is 7. The average Bonchev–Trinajstić information content (AvgIpc) is 3.59. The summed E-state index contributed by atoms with van der Waals surface area (Å²) in [5.41, 5.74) is 1.34. The molecule has 43 heavy (non-hydrogen) atoms. The monoisotopic (exact) mass is 761 g/mol. The molecule has 0 aliphatic carbocycles. The summed E-state index contributed by atoms with van der Waals surface area (Å²) in [6.45, 7) is 24.6. The van der Waals surface area contributed by atoms with Crippen LogP contribution in [0.2, 0.25) is 36.3 Å². The first-order valence-electron chi connectivity index (χ1n) is 13.7. The number of alkyl halides is 2. The Hall–Kier alpha value is 1.37. The number of aldehydes is 2. The fraction of sp³-hybridized carbons (Fsp3) is 0.607. The Labute approximate surface area is 357 Å². The Morgan fingerprint density at radius 1 is 0.977 bits per heavy atom. The number of carbonyl (C=O) groups excluding carboxylic acids is 3. The van der Waals surface area contributed by atoms with E-state index in [0.29, 0.717) is 23.0 Å². The van der Waals surface area contributed by atoms with Gasteiger partial charge in [0.2, 0.25) is 0 Å². The molecule has 0 aliphatic heterocycles. The van der Waals surface area contributed by atoms with Gasteiger partial charge >= 0.3 is 103 Å². The number of nitrogens with one attached hydrogen (secondary N) is 1. The smallest absolute Gasteiger partial charge is 1.00 e. The van der Waals surface area contributed by atoms with Crippen molar-refractivity contribution < 1.29 is 143 Å². The first-order chi connectivity index (χ1) is 19.3. The van der Waals surface area contributed by atoms with Crippen LogP contribution in [-0.2, 0) is 25.1 Å². The van der Waals surface area contributed by atoms with Gasteiger partial charge in [-0.25, -0.2) is 0 Å². The van der Waals surface area contributed by atoms with Gasteiger partial charge in [0.05, 0.1) is 26.5 Å². The van der Waals surface area contributed by atoms with Crippen LogP contribution in [0.5, 0.6) is 0 Å². The van der Waals surface area contributed by atoms with Gasteiger partial charge in [0.25, 0.3) is 6.47 Å². The summed E-state index contributed by atoms with van der Waals surface area (Å²) in [6, 6.07) is 7.20. The Morgan fingerprint density at radius 2 is 1.44 bits per heavy atom. The summed E-state index contributed by atoms with van der Waals surface area (Å²) in [4.78, 5) is 34.6. The van der Waals surface area contributed by atoms with E-state index in [9.17, 15) is 14.0 Å². The molecular weight excluding hydrogens is 710 g/mol. The summed E-state index contributed by atoms with van der Waals surface area (Å²) in [5, 5.41) is 9.95. The van der Waals surface area contributed by atoms with Gasteiger partial charge in [-0.05, 0) is 60.5 Å². The van der Waals surface area contributed by atoms with Crippen LogP contribution in [0.1, 0.15) is 65.3 Å². The SMILES string of the molecule is CC(C)(C)[Si](C)(C)OCCBr.CC(C)(C)[Si](C)(C)OCCn1cccc1C=O.O=CO[O-].O=Cc1ccc[nH]1.[2H]CF.[H-].[K+].[K+]. The van der Waals surface area contributed by atoms with Crippen LogP contribution in [0.4, 0.5) is 4.39 Å². The van der Waals surface area contributed by atoms with Crippen LogP contribution in [-0.4, -0.2) is 70.9 Å². The van der Waals surface area contributed by atoms with E-state index < -0.39 is 23.8 Å². The molecule has 15 heteroatoms. The largest absolute Gasteiger partial charge is 1.00 e. The topological polar surface area (TPSA) is 123 Å². The van der Waals surface area contributed by atoms with Crippen molar-refractivity contribution in [2.24, 2.45) is 0 Å². The zero-order valence-corrected chi connectivity index (χ0v) is 38.1. The molecule has 9 nitrogen and oxygen atoms in total. The van der Waals surface area contributed by atoms with Gasteiger partial charge in [0.15, 0.2) is 29.2 Å². The van der Waals surface area contributed by atoms with E-state index >= 15 is 0 Å². The second kappa shape index (κ2) is 29.5. The minimum Gasteiger partial charge on any atom is -1.00 e. The third-order valence-corrected chi connectivity index (χ3v) is 16.1. The predicted octanol–water partition coefficient (Wildman–Crippen LogP) is 0.694. The quantitative estimate of drug-likeness (QED) is 0.124. The summed E-state index contributed by atoms with van der Waals surface area (Å²) in [5.74, 6) is 0. The first kappa shape index (κ1) is 51.2. The van der Waals surface area contributed by atoms with E-state index in [-0.39, 0.29) is 116 Å². The van der Waals surface area contributed by atoms with Gasteiger partial charge in [-0.15, -0.1) is 0 Å². The molecule has 0 bridgehead atoms. The van der Waals surface area contributed by atoms with E-state index in [1.165, 1.54) is 0 Å². The molecule has 0 fully saturated rings. The normalized spacial score (nSPS) is 10.9. The molecule has 0 aliphatic rings. The first-order valence-corrected chi connectivity index (χ1v) is 19.9. The van der Waals surface area contributed by atoms with Crippen LogP contribution in [0.3, 0.4) is 0 Å². The maximum atomic E-state index is 10.8. The molecule has 0 saturated heterocycles.